The molecule has 16 heavy (non-hydrogen) atoms. The Morgan fingerprint density at radius 1 is 1.44 bits per heavy atom. The third kappa shape index (κ3) is 3.34. The molecule has 1 aliphatic carbocycles. The van der Waals surface area contributed by atoms with Crippen molar-refractivity contribution in [3.63, 3.8) is 0 Å². The lowest BCUT2D eigenvalue weighted by atomic mass is 9.97. The summed E-state index contributed by atoms with van der Waals surface area (Å²) < 4.78 is 5.33. The number of hydrogen-bond acceptors (Lipinski definition) is 2. The number of allylic oxidation sites excluding steroid dienone is 1. The minimum absolute atomic E-state index is 0.0777. The molecule has 0 spiro atoms. The Labute approximate surface area is 97.2 Å². The fourth-order valence-corrected chi connectivity index (χ4v) is 2.38. The van der Waals surface area contributed by atoms with Gasteiger partial charge in [-0.15, -0.1) is 0 Å². The molecule has 1 amide bonds. The number of carbonyl (C=O) groups is 1. The molecule has 3 heteroatoms. The lowest BCUT2D eigenvalue weighted by molar-refractivity contribution is -0.129. The Balaban J connectivity index is 1.63. The number of rotatable bonds is 4. The van der Waals surface area contributed by atoms with E-state index in [0.717, 1.165) is 32.4 Å². The Morgan fingerprint density at radius 2 is 2.38 bits per heavy atom. The first-order valence-corrected chi connectivity index (χ1v) is 6.43. The molecule has 1 aliphatic heterocycles. The van der Waals surface area contributed by atoms with Crippen molar-refractivity contribution >= 4 is 5.91 Å². The van der Waals surface area contributed by atoms with Gasteiger partial charge in [-0.3, -0.25) is 4.79 Å². The molecule has 1 saturated heterocycles. The lowest BCUT2D eigenvalue weighted by Crippen LogP contribution is -2.34. The van der Waals surface area contributed by atoms with Gasteiger partial charge in [0.1, 0.15) is 6.10 Å². The van der Waals surface area contributed by atoms with Gasteiger partial charge in [-0.05, 0) is 44.9 Å². The number of amides is 1. The summed E-state index contributed by atoms with van der Waals surface area (Å²) in [5, 5.41) is 2.97. The van der Waals surface area contributed by atoms with E-state index in [1.807, 2.05) is 0 Å². The van der Waals surface area contributed by atoms with E-state index in [0.29, 0.717) is 0 Å². The molecule has 1 N–H and O–H groups in total. The van der Waals surface area contributed by atoms with Gasteiger partial charge in [-0.2, -0.15) is 0 Å². The Kier molecular flexibility index (Phi) is 4.40. The number of nitrogens with one attached hydrogen (secondary N) is 1. The van der Waals surface area contributed by atoms with Crippen molar-refractivity contribution in [1.82, 2.24) is 5.32 Å². The largest absolute Gasteiger partial charge is 0.368 e. The van der Waals surface area contributed by atoms with Crippen LogP contribution in [0.1, 0.15) is 44.9 Å². The standard InChI is InChI=1S/C13H21NO2/c15-13(12-7-4-10-16-12)14-9-8-11-5-2-1-3-6-11/h5,12H,1-4,6-10H2,(H,14,15)/t12-/m0/s1. The first-order chi connectivity index (χ1) is 7.86. The van der Waals surface area contributed by atoms with Crippen molar-refractivity contribution in [2.45, 2.75) is 51.0 Å². The van der Waals surface area contributed by atoms with E-state index in [1.54, 1.807) is 0 Å². The van der Waals surface area contributed by atoms with Crippen molar-refractivity contribution in [1.29, 1.82) is 0 Å². The van der Waals surface area contributed by atoms with Crippen LogP contribution >= 0.6 is 0 Å². The number of ether oxygens (including phenoxy) is 1. The topological polar surface area (TPSA) is 38.3 Å². The minimum atomic E-state index is -0.180. The molecule has 0 saturated carbocycles. The van der Waals surface area contributed by atoms with E-state index < -0.39 is 0 Å². The maximum absolute atomic E-state index is 11.6. The first-order valence-electron chi connectivity index (χ1n) is 6.43. The monoisotopic (exact) mass is 223 g/mol. The average Bonchev–Trinajstić information content (AvgIpc) is 2.84. The van der Waals surface area contributed by atoms with Crippen LogP contribution in [0.4, 0.5) is 0 Å². The predicted molar refractivity (Wildman–Crippen MR) is 63.2 cm³/mol. The van der Waals surface area contributed by atoms with E-state index in [1.165, 1.54) is 31.3 Å². The highest BCUT2D eigenvalue weighted by atomic mass is 16.5. The second kappa shape index (κ2) is 6.04. The summed E-state index contributed by atoms with van der Waals surface area (Å²) in [5.41, 5.74) is 1.51. The molecule has 1 atom stereocenters. The molecule has 0 aromatic heterocycles. The van der Waals surface area contributed by atoms with Crippen LogP contribution in [0.2, 0.25) is 0 Å². The van der Waals surface area contributed by atoms with Crippen LogP contribution in [0.15, 0.2) is 11.6 Å². The van der Waals surface area contributed by atoms with E-state index >= 15 is 0 Å². The SMILES string of the molecule is O=C(NCCC1=CCCCC1)[C@@H]1CCCO1. The molecule has 2 aliphatic rings. The van der Waals surface area contributed by atoms with E-state index in [4.69, 9.17) is 4.74 Å². The van der Waals surface area contributed by atoms with Gasteiger partial charge in [0.25, 0.3) is 0 Å². The average molecular weight is 223 g/mol. The first kappa shape index (κ1) is 11.6. The molecular weight excluding hydrogens is 202 g/mol. The fraction of sp³-hybridized carbons (Fsp3) is 0.769. The quantitative estimate of drug-likeness (QED) is 0.742. The van der Waals surface area contributed by atoms with Gasteiger partial charge in [0.2, 0.25) is 5.91 Å². The van der Waals surface area contributed by atoms with Gasteiger partial charge in [-0.25, -0.2) is 0 Å². The van der Waals surface area contributed by atoms with E-state index in [9.17, 15) is 4.79 Å². The smallest absolute Gasteiger partial charge is 0.249 e. The summed E-state index contributed by atoms with van der Waals surface area (Å²) in [7, 11) is 0. The van der Waals surface area contributed by atoms with E-state index in [-0.39, 0.29) is 12.0 Å². The zero-order valence-corrected chi connectivity index (χ0v) is 9.84. The second-order valence-corrected chi connectivity index (χ2v) is 4.65. The summed E-state index contributed by atoms with van der Waals surface area (Å²) in [4.78, 5) is 11.6. The molecule has 1 fully saturated rings. The molecule has 2 rings (SSSR count). The van der Waals surface area contributed by atoms with Crippen LogP contribution in [0.3, 0.4) is 0 Å². The molecule has 0 unspecified atom stereocenters. The summed E-state index contributed by atoms with van der Waals surface area (Å²) >= 11 is 0. The zero-order valence-electron chi connectivity index (χ0n) is 9.84. The molecular formula is C13H21NO2. The maximum atomic E-state index is 11.6. The Hall–Kier alpha value is -0.830. The second-order valence-electron chi connectivity index (χ2n) is 4.65. The van der Waals surface area contributed by atoms with E-state index in [2.05, 4.69) is 11.4 Å². The van der Waals surface area contributed by atoms with Crippen molar-refractivity contribution in [3.05, 3.63) is 11.6 Å². The van der Waals surface area contributed by atoms with Gasteiger partial charge >= 0.3 is 0 Å². The van der Waals surface area contributed by atoms with Crippen molar-refractivity contribution < 1.29 is 9.53 Å². The van der Waals surface area contributed by atoms with Gasteiger partial charge in [0, 0.05) is 13.2 Å². The summed E-state index contributed by atoms with van der Waals surface area (Å²) in [6.07, 6.45) is 10.1. The third-order valence-electron chi connectivity index (χ3n) is 3.35. The van der Waals surface area contributed by atoms with Crippen molar-refractivity contribution in [3.8, 4) is 0 Å². The predicted octanol–water partition coefficient (Wildman–Crippen LogP) is 2.17. The molecule has 1 heterocycles. The Bertz CT molecular complexity index is 267. The number of hydrogen-bond donors (Lipinski definition) is 1. The van der Waals surface area contributed by atoms with Gasteiger partial charge in [0.15, 0.2) is 0 Å². The van der Waals surface area contributed by atoms with Gasteiger partial charge in [0.05, 0.1) is 0 Å². The maximum Gasteiger partial charge on any atom is 0.249 e. The van der Waals surface area contributed by atoms with Crippen LogP contribution in [0, 0.1) is 0 Å². The van der Waals surface area contributed by atoms with Crippen molar-refractivity contribution in [2.24, 2.45) is 0 Å². The van der Waals surface area contributed by atoms with Crippen LogP contribution < -0.4 is 5.32 Å². The highest BCUT2D eigenvalue weighted by Crippen LogP contribution is 2.19. The minimum Gasteiger partial charge on any atom is -0.368 e. The van der Waals surface area contributed by atoms with Gasteiger partial charge < -0.3 is 10.1 Å². The van der Waals surface area contributed by atoms with Crippen LogP contribution in [0.5, 0.6) is 0 Å². The third-order valence-corrected chi connectivity index (χ3v) is 3.35. The highest BCUT2D eigenvalue weighted by Gasteiger charge is 2.22. The summed E-state index contributed by atoms with van der Waals surface area (Å²) in [6, 6.07) is 0. The molecule has 0 radical (unpaired) electrons. The molecule has 90 valence electrons. The summed E-state index contributed by atoms with van der Waals surface area (Å²) in [5.74, 6) is 0.0777. The molecule has 0 aromatic rings. The van der Waals surface area contributed by atoms with Crippen LogP contribution in [-0.4, -0.2) is 25.2 Å². The highest BCUT2D eigenvalue weighted by molar-refractivity contribution is 5.80. The molecule has 3 nitrogen and oxygen atoms in total. The summed E-state index contributed by atoms with van der Waals surface area (Å²) in [6.45, 7) is 1.51. The molecule has 0 bridgehead atoms. The van der Waals surface area contributed by atoms with Crippen molar-refractivity contribution in [2.75, 3.05) is 13.2 Å². The lowest BCUT2D eigenvalue weighted by Gasteiger charge is -2.14. The molecule has 0 aromatic carbocycles. The van der Waals surface area contributed by atoms with Crippen LogP contribution in [-0.2, 0) is 9.53 Å². The number of carbonyl (C=O) groups excluding carboxylic acids is 1. The normalized spacial score (nSPS) is 25.2. The Morgan fingerprint density at radius 3 is 3.06 bits per heavy atom. The zero-order chi connectivity index (χ0) is 11.2. The van der Waals surface area contributed by atoms with Gasteiger partial charge in [-0.1, -0.05) is 11.6 Å². The van der Waals surface area contributed by atoms with Crippen LogP contribution in [0.25, 0.3) is 0 Å². The fourth-order valence-electron chi connectivity index (χ4n) is 2.38.